The molecule has 3 N–H and O–H groups in total. The second-order valence-electron chi connectivity index (χ2n) is 5.75. The number of terminal acetylenes is 1. The predicted molar refractivity (Wildman–Crippen MR) is 105 cm³/mol. The first kappa shape index (κ1) is 15.6. The van der Waals surface area contributed by atoms with E-state index < -0.39 is 0 Å². The summed E-state index contributed by atoms with van der Waals surface area (Å²) in [6.07, 6.45) is 8.98. The minimum Gasteiger partial charge on any atom is -0.368 e. The minimum atomic E-state index is 0.201. The van der Waals surface area contributed by atoms with Crippen molar-refractivity contribution in [1.82, 2.24) is 15.0 Å². The van der Waals surface area contributed by atoms with Gasteiger partial charge in [0.2, 0.25) is 5.95 Å². The average molecular weight is 337 g/mol. The van der Waals surface area contributed by atoms with Gasteiger partial charge in [-0.2, -0.15) is 4.98 Å². The van der Waals surface area contributed by atoms with Gasteiger partial charge in [-0.05, 0) is 42.0 Å². The molecule has 5 nitrogen and oxygen atoms in total. The van der Waals surface area contributed by atoms with E-state index in [0.717, 1.165) is 33.3 Å². The molecule has 0 saturated heterocycles. The van der Waals surface area contributed by atoms with Gasteiger partial charge in [-0.15, -0.1) is 6.42 Å². The maximum Gasteiger partial charge on any atom is 0.221 e. The Bertz CT molecular complexity index is 1140. The lowest BCUT2D eigenvalue weighted by molar-refractivity contribution is 1.19. The molecular formula is C21H15N5. The van der Waals surface area contributed by atoms with Crippen molar-refractivity contribution in [1.29, 1.82) is 0 Å². The summed E-state index contributed by atoms with van der Waals surface area (Å²) < 4.78 is 0. The molecule has 2 aromatic carbocycles. The normalized spacial score (nSPS) is 10.4. The van der Waals surface area contributed by atoms with Gasteiger partial charge in [0.1, 0.15) is 5.82 Å². The first-order chi connectivity index (χ1) is 12.7. The molecule has 0 aliphatic carbocycles. The van der Waals surface area contributed by atoms with E-state index in [0.29, 0.717) is 5.82 Å². The summed E-state index contributed by atoms with van der Waals surface area (Å²) in [4.78, 5) is 12.8. The van der Waals surface area contributed by atoms with E-state index in [-0.39, 0.29) is 5.95 Å². The van der Waals surface area contributed by atoms with Gasteiger partial charge in [-0.1, -0.05) is 24.1 Å². The van der Waals surface area contributed by atoms with Crippen LogP contribution in [0.5, 0.6) is 0 Å². The molecule has 4 rings (SSSR count). The highest BCUT2D eigenvalue weighted by atomic mass is 15.1. The molecule has 0 fully saturated rings. The van der Waals surface area contributed by atoms with Crippen molar-refractivity contribution in [2.75, 3.05) is 11.1 Å². The van der Waals surface area contributed by atoms with Crippen LogP contribution in [0.2, 0.25) is 0 Å². The molecule has 2 aromatic heterocycles. The summed E-state index contributed by atoms with van der Waals surface area (Å²) in [5.41, 5.74) is 10.2. The van der Waals surface area contributed by atoms with Gasteiger partial charge in [-0.25, -0.2) is 4.98 Å². The number of hydrogen-bond donors (Lipinski definition) is 2. The fourth-order valence-electron chi connectivity index (χ4n) is 2.77. The molecular weight excluding hydrogens is 322 g/mol. The van der Waals surface area contributed by atoms with Crippen LogP contribution in [0.25, 0.3) is 22.0 Å². The highest BCUT2D eigenvalue weighted by Gasteiger charge is 2.10. The Morgan fingerprint density at radius 2 is 1.92 bits per heavy atom. The molecule has 0 aliphatic rings. The number of anilines is 3. The second-order valence-corrected chi connectivity index (χ2v) is 5.75. The minimum absolute atomic E-state index is 0.201. The Morgan fingerprint density at radius 3 is 2.81 bits per heavy atom. The molecule has 5 heteroatoms. The molecule has 0 bridgehead atoms. The number of nitrogen functional groups attached to an aromatic ring is 1. The van der Waals surface area contributed by atoms with Crippen molar-refractivity contribution >= 4 is 28.4 Å². The van der Waals surface area contributed by atoms with Crippen LogP contribution in [0, 0.1) is 12.3 Å². The summed E-state index contributed by atoms with van der Waals surface area (Å²) in [7, 11) is 0. The Hall–Kier alpha value is -3.91. The number of pyridine rings is 1. The van der Waals surface area contributed by atoms with Crippen LogP contribution in [0.3, 0.4) is 0 Å². The molecule has 26 heavy (non-hydrogen) atoms. The third-order valence-electron chi connectivity index (χ3n) is 4.01. The number of rotatable bonds is 3. The Kier molecular flexibility index (Phi) is 3.92. The van der Waals surface area contributed by atoms with E-state index in [2.05, 4.69) is 26.2 Å². The number of aromatic nitrogens is 3. The number of nitrogens with two attached hydrogens (primary N) is 1. The Labute approximate surface area is 151 Å². The van der Waals surface area contributed by atoms with Crippen LogP contribution in [0.15, 0.2) is 67.0 Å². The van der Waals surface area contributed by atoms with Crippen LogP contribution in [0.4, 0.5) is 17.5 Å². The van der Waals surface area contributed by atoms with Crippen molar-refractivity contribution in [2.45, 2.75) is 0 Å². The number of nitrogens with one attached hydrogen (secondary N) is 1. The number of hydrogen-bond acceptors (Lipinski definition) is 5. The largest absolute Gasteiger partial charge is 0.368 e. The summed E-state index contributed by atoms with van der Waals surface area (Å²) in [5, 5.41) is 4.37. The third kappa shape index (κ3) is 3.04. The molecule has 124 valence electrons. The predicted octanol–water partition coefficient (Wildman–Crippen LogP) is 4.00. The standard InChI is InChI=1S/C21H15N5/c1-2-14-5-3-6-15(11-14)18-13-24-21(22)26-20(18)25-17-8-9-19-16(12-17)7-4-10-23-19/h1,3-13H,(H3,22,24,25,26). The van der Waals surface area contributed by atoms with Gasteiger partial charge in [0, 0.05) is 34.6 Å². The van der Waals surface area contributed by atoms with Crippen molar-refractivity contribution < 1.29 is 0 Å². The topological polar surface area (TPSA) is 76.7 Å². The fourth-order valence-corrected chi connectivity index (χ4v) is 2.77. The number of nitrogens with zero attached hydrogens (tertiary/aromatic N) is 3. The molecule has 0 radical (unpaired) electrons. The van der Waals surface area contributed by atoms with E-state index >= 15 is 0 Å². The highest BCUT2D eigenvalue weighted by molar-refractivity contribution is 5.85. The fraction of sp³-hybridized carbons (Fsp3) is 0. The van der Waals surface area contributed by atoms with Crippen LogP contribution < -0.4 is 11.1 Å². The third-order valence-corrected chi connectivity index (χ3v) is 4.01. The Balaban J connectivity index is 1.77. The van der Waals surface area contributed by atoms with E-state index in [4.69, 9.17) is 12.2 Å². The van der Waals surface area contributed by atoms with Crippen LogP contribution in [-0.4, -0.2) is 15.0 Å². The molecule has 0 aliphatic heterocycles. The van der Waals surface area contributed by atoms with Crippen molar-refractivity contribution in [3.63, 3.8) is 0 Å². The van der Waals surface area contributed by atoms with E-state index in [1.54, 1.807) is 12.4 Å². The first-order valence-electron chi connectivity index (χ1n) is 8.04. The monoisotopic (exact) mass is 337 g/mol. The van der Waals surface area contributed by atoms with E-state index in [1.165, 1.54) is 0 Å². The van der Waals surface area contributed by atoms with Gasteiger partial charge >= 0.3 is 0 Å². The van der Waals surface area contributed by atoms with Crippen LogP contribution >= 0.6 is 0 Å². The van der Waals surface area contributed by atoms with Gasteiger partial charge in [0.25, 0.3) is 0 Å². The zero-order valence-corrected chi connectivity index (χ0v) is 13.8. The van der Waals surface area contributed by atoms with Crippen molar-refractivity contribution in [3.8, 4) is 23.5 Å². The molecule has 0 unspecified atom stereocenters. The molecule has 0 saturated carbocycles. The average Bonchev–Trinajstić information content (AvgIpc) is 2.68. The lowest BCUT2D eigenvalue weighted by Crippen LogP contribution is -2.02. The summed E-state index contributed by atoms with van der Waals surface area (Å²) in [6, 6.07) is 17.5. The lowest BCUT2D eigenvalue weighted by atomic mass is 10.0. The maximum absolute atomic E-state index is 5.80. The van der Waals surface area contributed by atoms with Crippen LogP contribution in [0.1, 0.15) is 5.56 Å². The zero-order chi connectivity index (χ0) is 17.9. The van der Waals surface area contributed by atoms with Crippen molar-refractivity contribution in [3.05, 3.63) is 72.6 Å². The van der Waals surface area contributed by atoms with Gasteiger partial charge in [-0.3, -0.25) is 4.98 Å². The summed E-state index contributed by atoms with van der Waals surface area (Å²) in [5.74, 6) is 3.47. The SMILES string of the molecule is C#Cc1cccc(-c2cnc(N)nc2Nc2ccc3ncccc3c2)c1. The van der Waals surface area contributed by atoms with Gasteiger partial charge in [0.05, 0.1) is 5.52 Å². The molecule has 4 aromatic rings. The zero-order valence-electron chi connectivity index (χ0n) is 13.8. The summed E-state index contributed by atoms with van der Waals surface area (Å²) in [6.45, 7) is 0. The molecule has 0 spiro atoms. The maximum atomic E-state index is 5.80. The molecule has 0 atom stereocenters. The quantitative estimate of drug-likeness (QED) is 0.553. The van der Waals surface area contributed by atoms with Gasteiger partial charge in [0.15, 0.2) is 0 Å². The number of benzene rings is 2. The highest BCUT2D eigenvalue weighted by Crippen LogP contribution is 2.30. The van der Waals surface area contributed by atoms with Gasteiger partial charge < -0.3 is 11.1 Å². The van der Waals surface area contributed by atoms with E-state index in [9.17, 15) is 0 Å². The Morgan fingerprint density at radius 1 is 1.00 bits per heavy atom. The first-order valence-corrected chi connectivity index (χ1v) is 8.04. The smallest absolute Gasteiger partial charge is 0.221 e. The number of fused-ring (bicyclic) bond motifs is 1. The lowest BCUT2D eigenvalue weighted by Gasteiger charge is -2.12. The molecule has 2 heterocycles. The molecule has 0 amide bonds. The van der Waals surface area contributed by atoms with E-state index in [1.807, 2.05) is 54.6 Å². The van der Waals surface area contributed by atoms with Crippen LogP contribution in [-0.2, 0) is 0 Å². The van der Waals surface area contributed by atoms with Crippen molar-refractivity contribution in [2.24, 2.45) is 0 Å². The second kappa shape index (κ2) is 6.54. The summed E-state index contributed by atoms with van der Waals surface area (Å²) >= 11 is 0.